The molecule has 21 heavy (non-hydrogen) atoms. The Hall–Kier alpha value is -3.16. The van der Waals surface area contributed by atoms with Crippen LogP contribution in [0.2, 0.25) is 0 Å². The van der Waals surface area contributed by atoms with E-state index in [9.17, 15) is 20.0 Å². The third-order valence-electron chi connectivity index (χ3n) is 2.68. The number of nitrogens with one attached hydrogen (secondary N) is 1. The molecule has 1 aromatic carbocycles. The Balaban J connectivity index is 2.11. The first-order chi connectivity index (χ1) is 9.99. The summed E-state index contributed by atoms with van der Waals surface area (Å²) in [6.07, 6.45) is 2.42. The Labute approximate surface area is 118 Å². The van der Waals surface area contributed by atoms with Gasteiger partial charge in [-0.15, -0.1) is 0 Å². The molecule has 0 aliphatic rings. The van der Waals surface area contributed by atoms with E-state index in [-0.39, 0.29) is 11.3 Å². The number of nitrogens with zero attached hydrogens (tertiary/aromatic N) is 2. The second-order valence-corrected chi connectivity index (χ2v) is 4.07. The molecular weight excluding hydrogens is 278 g/mol. The van der Waals surface area contributed by atoms with Crippen LogP contribution in [-0.2, 0) is 0 Å². The quantitative estimate of drug-likeness (QED) is 0.517. The fourth-order valence-corrected chi connectivity index (χ4v) is 1.59. The smallest absolute Gasteiger partial charge is 0.274 e. The molecule has 0 fully saturated rings. The largest absolute Gasteiger partial charge is 0.872 e. The van der Waals surface area contributed by atoms with E-state index in [2.05, 4.69) is 10.5 Å². The minimum atomic E-state index is -0.621. The van der Waals surface area contributed by atoms with Gasteiger partial charge in [0.2, 0.25) is 0 Å². The lowest BCUT2D eigenvalue weighted by atomic mass is 10.2. The van der Waals surface area contributed by atoms with E-state index in [1.165, 1.54) is 12.3 Å². The number of amides is 1. The van der Waals surface area contributed by atoms with E-state index in [0.717, 1.165) is 24.4 Å². The van der Waals surface area contributed by atoms with Crippen LogP contribution in [-0.4, -0.2) is 17.0 Å². The molecule has 108 valence electrons. The summed E-state index contributed by atoms with van der Waals surface area (Å²) in [5.41, 5.74) is 2.30. The topological polar surface area (TPSA) is 121 Å². The first-order valence-corrected chi connectivity index (χ1v) is 5.82. The monoisotopic (exact) mass is 288 g/mol. The van der Waals surface area contributed by atoms with Crippen LogP contribution in [0.15, 0.2) is 40.0 Å². The minimum absolute atomic E-state index is 0.00779. The summed E-state index contributed by atoms with van der Waals surface area (Å²) in [6, 6.07) is 4.74. The molecule has 8 nitrogen and oxygen atoms in total. The number of nitro groups is 1. The Bertz CT molecular complexity index is 720. The van der Waals surface area contributed by atoms with Crippen molar-refractivity contribution in [1.29, 1.82) is 0 Å². The highest BCUT2D eigenvalue weighted by atomic mass is 16.6. The second-order valence-electron chi connectivity index (χ2n) is 4.07. The molecule has 0 saturated heterocycles. The molecular formula is C13H10N3O5-. The van der Waals surface area contributed by atoms with Gasteiger partial charge in [-0.05, 0) is 18.6 Å². The Morgan fingerprint density at radius 3 is 2.81 bits per heavy atom. The van der Waals surface area contributed by atoms with Crippen LogP contribution in [0.3, 0.4) is 0 Å². The molecule has 0 unspecified atom stereocenters. The number of rotatable bonds is 4. The van der Waals surface area contributed by atoms with Crippen LogP contribution < -0.4 is 10.5 Å². The van der Waals surface area contributed by atoms with Crippen molar-refractivity contribution in [1.82, 2.24) is 5.43 Å². The number of hydrogen-bond acceptors (Lipinski definition) is 6. The summed E-state index contributed by atoms with van der Waals surface area (Å²) < 4.78 is 4.97. The Morgan fingerprint density at radius 1 is 1.43 bits per heavy atom. The predicted octanol–water partition coefficient (Wildman–Crippen LogP) is 1.33. The highest BCUT2D eigenvalue weighted by Crippen LogP contribution is 2.19. The van der Waals surface area contributed by atoms with Crippen LogP contribution in [0.25, 0.3) is 0 Å². The van der Waals surface area contributed by atoms with E-state index >= 15 is 0 Å². The summed E-state index contributed by atoms with van der Waals surface area (Å²) in [4.78, 5) is 21.7. The lowest BCUT2D eigenvalue weighted by molar-refractivity contribution is -0.385. The van der Waals surface area contributed by atoms with Gasteiger partial charge in [0.05, 0.1) is 23.0 Å². The molecule has 0 aliphatic carbocycles. The van der Waals surface area contributed by atoms with Gasteiger partial charge < -0.3 is 9.52 Å². The van der Waals surface area contributed by atoms with Gasteiger partial charge >= 0.3 is 0 Å². The lowest BCUT2D eigenvalue weighted by Gasteiger charge is -2.08. The van der Waals surface area contributed by atoms with Crippen molar-refractivity contribution >= 4 is 17.8 Å². The van der Waals surface area contributed by atoms with Crippen LogP contribution in [0, 0.1) is 17.0 Å². The zero-order valence-electron chi connectivity index (χ0n) is 10.9. The van der Waals surface area contributed by atoms with Crippen LogP contribution in [0.5, 0.6) is 5.75 Å². The molecule has 0 atom stereocenters. The van der Waals surface area contributed by atoms with Gasteiger partial charge in [0, 0.05) is 12.1 Å². The fourth-order valence-electron chi connectivity index (χ4n) is 1.59. The maximum atomic E-state index is 11.7. The molecule has 1 amide bonds. The van der Waals surface area contributed by atoms with Crippen molar-refractivity contribution in [2.45, 2.75) is 6.92 Å². The van der Waals surface area contributed by atoms with Crippen molar-refractivity contribution in [3.63, 3.8) is 0 Å². The normalized spacial score (nSPS) is 10.7. The first-order valence-electron chi connectivity index (χ1n) is 5.82. The molecule has 0 bridgehead atoms. The van der Waals surface area contributed by atoms with Gasteiger partial charge in [-0.2, -0.15) is 5.10 Å². The van der Waals surface area contributed by atoms with Crippen molar-refractivity contribution in [2.24, 2.45) is 5.10 Å². The maximum Gasteiger partial charge on any atom is 0.274 e. The molecule has 2 aromatic rings. The van der Waals surface area contributed by atoms with Gasteiger partial charge in [-0.25, -0.2) is 5.43 Å². The van der Waals surface area contributed by atoms with Crippen molar-refractivity contribution in [3.05, 3.63) is 57.5 Å². The fraction of sp³-hybridized carbons (Fsp3) is 0.0769. The average molecular weight is 288 g/mol. The summed E-state index contributed by atoms with van der Waals surface area (Å²) >= 11 is 0. The van der Waals surface area contributed by atoms with Gasteiger partial charge in [0.15, 0.2) is 0 Å². The van der Waals surface area contributed by atoms with Gasteiger partial charge in [0.25, 0.3) is 11.6 Å². The van der Waals surface area contributed by atoms with E-state index in [1.807, 2.05) is 0 Å². The van der Waals surface area contributed by atoms with E-state index in [4.69, 9.17) is 4.42 Å². The Morgan fingerprint density at radius 2 is 2.19 bits per heavy atom. The molecule has 1 heterocycles. The summed E-state index contributed by atoms with van der Waals surface area (Å²) in [5, 5.41) is 25.7. The molecule has 8 heteroatoms. The van der Waals surface area contributed by atoms with Crippen LogP contribution >= 0.6 is 0 Å². The van der Waals surface area contributed by atoms with Gasteiger partial charge in [0.1, 0.15) is 5.76 Å². The number of carbonyl (C=O) groups excluding carboxylic acids is 1. The molecule has 2 rings (SSSR count). The zero-order chi connectivity index (χ0) is 15.4. The summed E-state index contributed by atoms with van der Waals surface area (Å²) in [7, 11) is 0. The summed E-state index contributed by atoms with van der Waals surface area (Å²) in [6.45, 7) is 1.62. The van der Waals surface area contributed by atoms with Crippen molar-refractivity contribution in [2.75, 3.05) is 0 Å². The number of non-ortho nitro benzene ring substituents is 1. The standard InChI is InChI=1S/C13H11N3O5/c1-8-11(4-5-21-8)13(18)15-14-7-9-6-10(16(19)20)2-3-12(9)17/h2-7,17H,1H3,(H,15,18)/p-1/b14-7-. The van der Waals surface area contributed by atoms with Crippen molar-refractivity contribution in [3.8, 4) is 5.75 Å². The van der Waals surface area contributed by atoms with Crippen molar-refractivity contribution < 1.29 is 19.2 Å². The average Bonchev–Trinajstić information content (AvgIpc) is 2.86. The van der Waals surface area contributed by atoms with Crippen LogP contribution in [0.1, 0.15) is 21.7 Å². The third-order valence-corrected chi connectivity index (χ3v) is 2.68. The third kappa shape index (κ3) is 3.24. The molecule has 0 spiro atoms. The molecule has 0 aliphatic heterocycles. The number of carbonyl (C=O) groups is 1. The highest BCUT2D eigenvalue weighted by molar-refractivity contribution is 5.95. The molecule has 0 saturated carbocycles. The minimum Gasteiger partial charge on any atom is -0.872 e. The molecule has 0 radical (unpaired) electrons. The van der Waals surface area contributed by atoms with E-state index in [0.29, 0.717) is 11.3 Å². The van der Waals surface area contributed by atoms with Gasteiger partial charge in [-0.3, -0.25) is 14.9 Å². The number of benzene rings is 1. The molecule has 1 N–H and O–H groups in total. The maximum absolute atomic E-state index is 11.7. The van der Waals surface area contributed by atoms with E-state index < -0.39 is 16.6 Å². The number of hydrazone groups is 1. The number of furan rings is 1. The zero-order valence-corrected chi connectivity index (χ0v) is 10.9. The number of nitro benzene ring substituents is 1. The summed E-state index contributed by atoms with van der Waals surface area (Å²) in [5.74, 6) is -0.504. The molecule has 1 aromatic heterocycles. The number of aryl methyl sites for hydroxylation is 1. The first kappa shape index (κ1) is 14.3. The van der Waals surface area contributed by atoms with E-state index in [1.54, 1.807) is 6.92 Å². The highest BCUT2D eigenvalue weighted by Gasteiger charge is 2.10. The predicted molar refractivity (Wildman–Crippen MR) is 71.0 cm³/mol. The number of hydrogen-bond donors (Lipinski definition) is 1. The van der Waals surface area contributed by atoms with Crippen LogP contribution in [0.4, 0.5) is 5.69 Å². The second kappa shape index (κ2) is 5.87. The lowest BCUT2D eigenvalue weighted by Crippen LogP contribution is -2.17. The Kier molecular flexibility index (Phi) is 3.98. The SMILES string of the molecule is Cc1occc1C(=O)N/N=C\c1cc([N+](=O)[O-])ccc1[O-]. The van der Waals surface area contributed by atoms with Gasteiger partial charge in [-0.1, -0.05) is 11.8 Å².